The van der Waals surface area contributed by atoms with Crippen LogP contribution in [0.25, 0.3) is 0 Å². The molecule has 0 bridgehead atoms. The minimum absolute atomic E-state index is 0.520. The van der Waals surface area contributed by atoms with Gasteiger partial charge in [-0.15, -0.1) is 11.3 Å². The minimum atomic E-state index is 0.520. The Morgan fingerprint density at radius 1 is 1.41 bits per heavy atom. The molecular weight excluding hydrogens is 232 g/mol. The lowest BCUT2D eigenvalue weighted by Gasteiger charge is -2.06. The molecule has 1 aromatic heterocycles. The lowest BCUT2D eigenvalue weighted by Crippen LogP contribution is -1.96. The van der Waals surface area contributed by atoms with E-state index in [2.05, 4.69) is 29.4 Å². The molecule has 90 valence electrons. The highest BCUT2D eigenvalue weighted by atomic mass is 32.1. The highest BCUT2D eigenvalue weighted by Gasteiger charge is 2.04. The Morgan fingerprint density at radius 3 is 2.82 bits per heavy atom. The second kappa shape index (κ2) is 5.29. The number of hydrogen-bond donors (Lipinski definition) is 1. The van der Waals surface area contributed by atoms with E-state index >= 15 is 0 Å². The van der Waals surface area contributed by atoms with Crippen molar-refractivity contribution in [1.29, 1.82) is 0 Å². The van der Waals surface area contributed by atoms with E-state index in [9.17, 15) is 0 Å². The molecule has 0 spiro atoms. The normalized spacial score (nSPS) is 10.5. The molecule has 0 amide bonds. The number of hydrogen-bond acceptors (Lipinski definition) is 4. The van der Waals surface area contributed by atoms with Gasteiger partial charge in [0.05, 0.1) is 12.8 Å². The number of aryl methyl sites for hydroxylation is 1. The summed E-state index contributed by atoms with van der Waals surface area (Å²) in [6, 6.07) is 6.22. The number of rotatable bonds is 4. The standard InChI is InChI=1S/C13H16N2OS/c1-9-5-10(3-4-12(9)16-2)6-11-8-17-13(7-14)15-11/h3-5,8H,6-7,14H2,1-2H3. The van der Waals surface area contributed by atoms with Gasteiger partial charge < -0.3 is 10.5 Å². The van der Waals surface area contributed by atoms with Crippen molar-refractivity contribution in [1.82, 2.24) is 4.98 Å². The summed E-state index contributed by atoms with van der Waals surface area (Å²) < 4.78 is 5.24. The van der Waals surface area contributed by atoms with E-state index in [1.807, 2.05) is 6.07 Å². The number of benzene rings is 1. The van der Waals surface area contributed by atoms with Crippen LogP contribution in [0.15, 0.2) is 23.6 Å². The summed E-state index contributed by atoms with van der Waals surface area (Å²) >= 11 is 1.62. The molecule has 0 radical (unpaired) electrons. The van der Waals surface area contributed by atoms with Crippen molar-refractivity contribution in [3.63, 3.8) is 0 Å². The van der Waals surface area contributed by atoms with Crippen LogP contribution in [0.4, 0.5) is 0 Å². The first-order chi connectivity index (χ1) is 8.22. The van der Waals surface area contributed by atoms with Crippen molar-refractivity contribution in [2.24, 2.45) is 5.73 Å². The first-order valence-corrected chi connectivity index (χ1v) is 6.37. The minimum Gasteiger partial charge on any atom is -0.496 e. The zero-order valence-corrected chi connectivity index (χ0v) is 10.9. The average molecular weight is 248 g/mol. The van der Waals surface area contributed by atoms with Gasteiger partial charge in [0.2, 0.25) is 0 Å². The Kier molecular flexibility index (Phi) is 3.76. The number of ether oxygens (including phenoxy) is 1. The summed E-state index contributed by atoms with van der Waals surface area (Å²) in [4.78, 5) is 4.46. The van der Waals surface area contributed by atoms with Gasteiger partial charge >= 0.3 is 0 Å². The van der Waals surface area contributed by atoms with E-state index in [1.54, 1.807) is 18.4 Å². The topological polar surface area (TPSA) is 48.1 Å². The Morgan fingerprint density at radius 2 is 2.24 bits per heavy atom. The predicted molar refractivity (Wildman–Crippen MR) is 70.5 cm³/mol. The van der Waals surface area contributed by atoms with Crippen LogP contribution >= 0.6 is 11.3 Å². The first kappa shape index (κ1) is 12.1. The van der Waals surface area contributed by atoms with Crippen LogP contribution in [0, 0.1) is 6.92 Å². The van der Waals surface area contributed by atoms with E-state index < -0.39 is 0 Å². The maximum Gasteiger partial charge on any atom is 0.121 e. The van der Waals surface area contributed by atoms with Gasteiger partial charge in [-0.2, -0.15) is 0 Å². The van der Waals surface area contributed by atoms with Crippen LogP contribution in [-0.2, 0) is 13.0 Å². The summed E-state index contributed by atoms with van der Waals surface area (Å²) in [6.45, 7) is 2.57. The summed E-state index contributed by atoms with van der Waals surface area (Å²) in [5.41, 5.74) is 9.03. The third-order valence-electron chi connectivity index (χ3n) is 2.62. The van der Waals surface area contributed by atoms with E-state index in [0.29, 0.717) is 6.54 Å². The lowest BCUT2D eigenvalue weighted by atomic mass is 10.1. The van der Waals surface area contributed by atoms with E-state index in [-0.39, 0.29) is 0 Å². The van der Waals surface area contributed by atoms with Crippen LogP contribution < -0.4 is 10.5 Å². The van der Waals surface area contributed by atoms with E-state index in [4.69, 9.17) is 10.5 Å². The molecule has 0 saturated carbocycles. The van der Waals surface area contributed by atoms with Crippen LogP contribution in [-0.4, -0.2) is 12.1 Å². The van der Waals surface area contributed by atoms with Crippen molar-refractivity contribution in [3.8, 4) is 5.75 Å². The van der Waals surface area contributed by atoms with Gasteiger partial charge in [-0.3, -0.25) is 0 Å². The molecule has 0 fully saturated rings. The molecule has 3 nitrogen and oxygen atoms in total. The summed E-state index contributed by atoms with van der Waals surface area (Å²) in [5.74, 6) is 0.926. The fourth-order valence-corrected chi connectivity index (χ4v) is 2.46. The maximum atomic E-state index is 5.55. The smallest absolute Gasteiger partial charge is 0.121 e. The fraction of sp³-hybridized carbons (Fsp3) is 0.308. The quantitative estimate of drug-likeness (QED) is 0.904. The monoisotopic (exact) mass is 248 g/mol. The van der Waals surface area contributed by atoms with Crippen LogP contribution in [0.1, 0.15) is 21.8 Å². The van der Waals surface area contributed by atoms with Gasteiger partial charge in [-0.25, -0.2) is 4.98 Å². The van der Waals surface area contributed by atoms with Crippen molar-refractivity contribution in [2.75, 3.05) is 7.11 Å². The van der Waals surface area contributed by atoms with Crippen LogP contribution in [0.2, 0.25) is 0 Å². The molecular formula is C13H16N2OS. The second-order valence-corrected chi connectivity index (χ2v) is 4.86. The van der Waals surface area contributed by atoms with Gasteiger partial charge in [-0.05, 0) is 24.1 Å². The molecule has 2 aromatic rings. The average Bonchev–Trinajstić information content (AvgIpc) is 2.77. The Hall–Kier alpha value is -1.39. The SMILES string of the molecule is COc1ccc(Cc2csc(CN)n2)cc1C. The highest BCUT2D eigenvalue weighted by molar-refractivity contribution is 7.09. The second-order valence-electron chi connectivity index (χ2n) is 3.92. The molecule has 0 aliphatic rings. The Bertz CT molecular complexity index is 508. The molecule has 0 saturated heterocycles. The van der Waals surface area contributed by atoms with Crippen molar-refractivity contribution in [3.05, 3.63) is 45.4 Å². The van der Waals surface area contributed by atoms with Crippen LogP contribution in [0.5, 0.6) is 5.75 Å². The predicted octanol–water partition coefficient (Wildman–Crippen LogP) is 2.51. The highest BCUT2D eigenvalue weighted by Crippen LogP contribution is 2.21. The number of thiazole rings is 1. The summed E-state index contributed by atoms with van der Waals surface area (Å²) in [6.07, 6.45) is 0.849. The molecule has 0 unspecified atom stereocenters. The zero-order valence-electron chi connectivity index (χ0n) is 10.1. The third-order valence-corrected chi connectivity index (χ3v) is 3.54. The third kappa shape index (κ3) is 2.84. The van der Waals surface area contributed by atoms with Gasteiger partial charge in [0.1, 0.15) is 10.8 Å². The molecule has 2 rings (SSSR count). The lowest BCUT2D eigenvalue weighted by molar-refractivity contribution is 0.411. The molecule has 0 atom stereocenters. The largest absolute Gasteiger partial charge is 0.496 e. The van der Waals surface area contributed by atoms with Gasteiger partial charge in [0, 0.05) is 18.3 Å². The van der Waals surface area contributed by atoms with Gasteiger partial charge in [0.15, 0.2) is 0 Å². The van der Waals surface area contributed by atoms with Gasteiger partial charge in [0.25, 0.3) is 0 Å². The van der Waals surface area contributed by atoms with E-state index in [0.717, 1.165) is 28.4 Å². The van der Waals surface area contributed by atoms with Crippen molar-refractivity contribution in [2.45, 2.75) is 19.9 Å². The number of methoxy groups -OCH3 is 1. The first-order valence-electron chi connectivity index (χ1n) is 5.50. The number of nitrogens with zero attached hydrogens (tertiary/aromatic N) is 1. The summed E-state index contributed by atoms with van der Waals surface area (Å²) in [5, 5.41) is 3.06. The maximum absolute atomic E-state index is 5.55. The fourth-order valence-electron chi connectivity index (χ4n) is 1.78. The molecule has 2 N–H and O–H groups in total. The van der Waals surface area contributed by atoms with Crippen molar-refractivity contribution >= 4 is 11.3 Å². The van der Waals surface area contributed by atoms with Crippen LogP contribution in [0.3, 0.4) is 0 Å². The van der Waals surface area contributed by atoms with Gasteiger partial charge in [-0.1, -0.05) is 12.1 Å². The molecule has 4 heteroatoms. The Balaban J connectivity index is 2.15. The molecule has 0 aliphatic carbocycles. The number of aromatic nitrogens is 1. The molecule has 1 heterocycles. The van der Waals surface area contributed by atoms with E-state index in [1.165, 1.54) is 5.56 Å². The molecule has 0 aliphatic heterocycles. The summed E-state index contributed by atoms with van der Waals surface area (Å²) in [7, 11) is 1.69. The van der Waals surface area contributed by atoms with Crippen molar-refractivity contribution < 1.29 is 4.74 Å². The molecule has 17 heavy (non-hydrogen) atoms. The zero-order chi connectivity index (χ0) is 12.3. The Labute approximate surface area is 105 Å². The molecule has 1 aromatic carbocycles. The number of nitrogens with two attached hydrogens (primary N) is 1.